The molecule has 5 nitrogen and oxygen atoms in total. The van der Waals surface area contributed by atoms with Crippen LogP contribution in [0.15, 0.2) is 18.2 Å². The molecule has 1 aromatic carbocycles. The Labute approximate surface area is 98.0 Å². The van der Waals surface area contributed by atoms with Crippen molar-refractivity contribution in [3.8, 4) is 6.07 Å². The first-order valence-electron chi connectivity index (χ1n) is 4.53. The van der Waals surface area contributed by atoms with E-state index in [4.69, 9.17) is 16.9 Å². The summed E-state index contributed by atoms with van der Waals surface area (Å²) < 4.78 is 0. The van der Waals surface area contributed by atoms with Crippen LogP contribution in [0.4, 0.5) is 5.69 Å². The quantitative estimate of drug-likeness (QED) is 0.459. The lowest BCUT2D eigenvalue weighted by Crippen LogP contribution is -2.18. The summed E-state index contributed by atoms with van der Waals surface area (Å²) in [6.45, 7) is 0.536. The fourth-order valence-electron chi connectivity index (χ4n) is 1.33. The number of rotatable bonds is 4. The predicted octanol–water partition coefficient (Wildman–Crippen LogP) is 2.20. The molecule has 84 valence electrons. The number of benzene rings is 1. The van der Waals surface area contributed by atoms with E-state index in [0.717, 1.165) is 0 Å². The molecular formula is C10H10ClN3O2. The zero-order valence-corrected chi connectivity index (χ0v) is 9.44. The van der Waals surface area contributed by atoms with Gasteiger partial charge in [0, 0.05) is 23.2 Å². The zero-order chi connectivity index (χ0) is 12.1. The van der Waals surface area contributed by atoms with Gasteiger partial charge in [-0.1, -0.05) is 11.6 Å². The highest BCUT2D eigenvalue weighted by Crippen LogP contribution is 2.23. The molecule has 16 heavy (non-hydrogen) atoms. The Hall–Kier alpha value is -1.64. The minimum atomic E-state index is -0.453. The normalized spacial score (nSPS) is 10.1. The third kappa shape index (κ3) is 3.19. The second kappa shape index (κ2) is 5.45. The first kappa shape index (κ1) is 12.4. The van der Waals surface area contributed by atoms with Crippen molar-refractivity contribution in [1.82, 2.24) is 4.90 Å². The third-order valence-corrected chi connectivity index (χ3v) is 2.25. The lowest BCUT2D eigenvalue weighted by atomic mass is 10.1. The highest BCUT2D eigenvalue weighted by Gasteiger charge is 2.15. The Morgan fingerprint density at radius 3 is 2.88 bits per heavy atom. The van der Waals surface area contributed by atoms with Gasteiger partial charge in [-0.25, -0.2) is 0 Å². The fourth-order valence-corrected chi connectivity index (χ4v) is 1.52. The minimum absolute atomic E-state index is 0.0224. The van der Waals surface area contributed by atoms with Crippen molar-refractivity contribution >= 4 is 17.3 Å². The smallest absolute Gasteiger partial charge is 0.273 e. The average molecular weight is 240 g/mol. The molecule has 0 amide bonds. The number of nitriles is 1. The topological polar surface area (TPSA) is 70.2 Å². The molecule has 0 N–H and O–H groups in total. The van der Waals surface area contributed by atoms with E-state index in [-0.39, 0.29) is 12.2 Å². The Morgan fingerprint density at radius 1 is 1.62 bits per heavy atom. The molecule has 0 radical (unpaired) electrons. The van der Waals surface area contributed by atoms with Gasteiger partial charge in [-0.15, -0.1) is 0 Å². The molecule has 0 saturated heterocycles. The molecule has 0 saturated carbocycles. The number of nitro benzene ring substituents is 1. The summed E-state index contributed by atoms with van der Waals surface area (Å²) in [4.78, 5) is 12.0. The van der Waals surface area contributed by atoms with E-state index < -0.39 is 4.92 Å². The summed E-state index contributed by atoms with van der Waals surface area (Å²) in [5.41, 5.74) is 0.532. The SMILES string of the molecule is CN(CC#N)Cc1cc(Cl)ccc1[N+](=O)[O-]. The number of nitrogens with zero attached hydrogens (tertiary/aromatic N) is 3. The molecule has 0 unspecified atom stereocenters. The molecule has 1 rings (SSSR count). The van der Waals surface area contributed by atoms with Crippen molar-refractivity contribution in [2.75, 3.05) is 13.6 Å². The molecule has 0 aliphatic heterocycles. The Kier molecular flexibility index (Phi) is 4.23. The van der Waals surface area contributed by atoms with Gasteiger partial charge in [0.25, 0.3) is 5.69 Å². The summed E-state index contributed by atoms with van der Waals surface area (Å²) in [5, 5.41) is 19.7. The molecule has 0 aliphatic carbocycles. The van der Waals surface area contributed by atoms with Crippen molar-refractivity contribution in [2.45, 2.75) is 6.54 Å². The second-order valence-corrected chi connectivity index (χ2v) is 3.80. The number of halogens is 1. The molecule has 0 spiro atoms. The first-order valence-corrected chi connectivity index (χ1v) is 4.90. The van der Waals surface area contributed by atoms with Crippen LogP contribution >= 0.6 is 11.6 Å². The summed E-state index contributed by atoms with van der Waals surface area (Å²) in [6.07, 6.45) is 0. The van der Waals surface area contributed by atoms with Gasteiger partial charge in [-0.05, 0) is 19.2 Å². The number of hydrogen-bond donors (Lipinski definition) is 0. The van der Waals surface area contributed by atoms with E-state index in [2.05, 4.69) is 0 Å². The third-order valence-electron chi connectivity index (χ3n) is 2.02. The molecule has 0 aromatic heterocycles. The van der Waals surface area contributed by atoms with Gasteiger partial charge in [-0.3, -0.25) is 15.0 Å². The predicted molar refractivity (Wildman–Crippen MR) is 60.1 cm³/mol. The van der Waals surface area contributed by atoms with Crippen LogP contribution in [0, 0.1) is 21.4 Å². The van der Waals surface area contributed by atoms with Gasteiger partial charge in [0.2, 0.25) is 0 Å². The van der Waals surface area contributed by atoms with Gasteiger partial charge < -0.3 is 0 Å². The van der Waals surface area contributed by atoms with Crippen LogP contribution in [0.1, 0.15) is 5.56 Å². The molecule has 0 heterocycles. The number of nitro groups is 1. The highest BCUT2D eigenvalue weighted by atomic mass is 35.5. The highest BCUT2D eigenvalue weighted by molar-refractivity contribution is 6.30. The van der Waals surface area contributed by atoms with Crippen molar-refractivity contribution in [3.05, 3.63) is 38.9 Å². The van der Waals surface area contributed by atoms with Gasteiger partial charge >= 0.3 is 0 Å². The lowest BCUT2D eigenvalue weighted by molar-refractivity contribution is -0.385. The Balaban J connectivity index is 2.97. The Bertz CT molecular complexity index is 442. The molecule has 6 heteroatoms. The average Bonchev–Trinajstić information content (AvgIpc) is 2.17. The van der Waals surface area contributed by atoms with E-state index >= 15 is 0 Å². The van der Waals surface area contributed by atoms with Crippen molar-refractivity contribution in [1.29, 1.82) is 5.26 Å². The van der Waals surface area contributed by atoms with Crippen LogP contribution in [-0.2, 0) is 6.54 Å². The zero-order valence-electron chi connectivity index (χ0n) is 8.68. The molecule has 0 aliphatic rings. The van der Waals surface area contributed by atoms with Gasteiger partial charge in [0.15, 0.2) is 0 Å². The lowest BCUT2D eigenvalue weighted by Gasteiger charge is -2.12. The van der Waals surface area contributed by atoms with Gasteiger partial charge in [0.05, 0.1) is 17.5 Å². The monoisotopic (exact) mass is 239 g/mol. The fraction of sp³-hybridized carbons (Fsp3) is 0.300. The minimum Gasteiger partial charge on any atom is -0.289 e. The van der Waals surface area contributed by atoms with Crippen LogP contribution in [0.3, 0.4) is 0 Å². The summed E-state index contributed by atoms with van der Waals surface area (Å²) in [6, 6.07) is 6.38. The van der Waals surface area contributed by atoms with Crippen LogP contribution in [0.25, 0.3) is 0 Å². The van der Waals surface area contributed by atoms with Crippen molar-refractivity contribution < 1.29 is 4.92 Å². The van der Waals surface area contributed by atoms with Crippen LogP contribution in [0.2, 0.25) is 5.02 Å². The molecule has 0 fully saturated rings. The summed E-state index contributed by atoms with van der Waals surface area (Å²) in [5.74, 6) is 0. The Morgan fingerprint density at radius 2 is 2.31 bits per heavy atom. The summed E-state index contributed by atoms with van der Waals surface area (Å²) in [7, 11) is 1.72. The molecule has 1 aromatic rings. The van der Waals surface area contributed by atoms with Crippen LogP contribution in [-0.4, -0.2) is 23.4 Å². The largest absolute Gasteiger partial charge is 0.289 e. The van der Waals surface area contributed by atoms with Crippen LogP contribution < -0.4 is 0 Å². The maximum absolute atomic E-state index is 10.8. The van der Waals surface area contributed by atoms with E-state index in [0.29, 0.717) is 17.1 Å². The van der Waals surface area contributed by atoms with E-state index in [1.165, 1.54) is 12.1 Å². The number of hydrogen-bond acceptors (Lipinski definition) is 4. The van der Waals surface area contributed by atoms with Crippen molar-refractivity contribution in [3.63, 3.8) is 0 Å². The molecule has 0 bridgehead atoms. The maximum atomic E-state index is 10.8. The maximum Gasteiger partial charge on any atom is 0.273 e. The van der Waals surface area contributed by atoms with E-state index in [1.54, 1.807) is 18.0 Å². The molecule has 0 atom stereocenters. The van der Waals surface area contributed by atoms with E-state index in [9.17, 15) is 10.1 Å². The molecular weight excluding hydrogens is 230 g/mol. The second-order valence-electron chi connectivity index (χ2n) is 3.36. The van der Waals surface area contributed by atoms with Gasteiger partial charge in [-0.2, -0.15) is 5.26 Å². The van der Waals surface area contributed by atoms with Crippen LogP contribution in [0.5, 0.6) is 0 Å². The van der Waals surface area contributed by atoms with E-state index in [1.807, 2.05) is 6.07 Å². The van der Waals surface area contributed by atoms with Gasteiger partial charge in [0.1, 0.15) is 0 Å². The summed E-state index contributed by atoms with van der Waals surface area (Å²) >= 11 is 5.78. The first-order chi connectivity index (χ1) is 7.54. The van der Waals surface area contributed by atoms with Crippen molar-refractivity contribution in [2.24, 2.45) is 0 Å². The standard InChI is InChI=1S/C10H10ClN3O2/c1-13(5-4-12)7-8-6-9(11)2-3-10(8)14(15)16/h2-3,6H,5,7H2,1H3.